The summed E-state index contributed by atoms with van der Waals surface area (Å²) in [6, 6.07) is 16.3. The summed E-state index contributed by atoms with van der Waals surface area (Å²) in [6.07, 6.45) is 1.07. The number of aryl methyl sites for hydroxylation is 1. The van der Waals surface area contributed by atoms with Gasteiger partial charge in [0.1, 0.15) is 11.7 Å². The third-order valence-corrected chi connectivity index (χ3v) is 6.27. The summed E-state index contributed by atoms with van der Waals surface area (Å²) < 4.78 is 24.7. The van der Waals surface area contributed by atoms with Gasteiger partial charge < -0.3 is 10.0 Å². The van der Waals surface area contributed by atoms with Gasteiger partial charge in [-0.3, -0.25) is 9.59 Å². The smallest absolute Gasteiger partial charge is 0.312 e. The van der Waals surface area contributed by atoms with E-state index in [1.807, 2.05) is 30.3 Å². The number of carbonyl (C=O) groups is 2. The summed E-state index contributed by atoms with van der Waals surface area (Å²) in [5, 5.41) is 9.36. The molecule has 0 aliphatic carbocycles. The molecule has 1 unspecified atom stereocenters. The van der Waals surface area contributed by atoms with Crippen molar-refractivity contribution in [2.75, 3.05) is 23.0 Å². The topological polar surface area (TPSA) is 91.8 Å². The summed E-state index contributed by atoms with van der Waals surface area (Å²) in [5.41, 5.74) is 2.08. The summed E-state index contributed by atoms with van der Waals surface area (Å²) in [4.78, 5) is 25.3. The lowest BCUT2D eigenvalue weighted by atomic mass is 10.0. The largest absolute Gasteiger partial charge is 0.481 e. The Kier molecular flexibility index (Phi) is 5.60. The Morgan fingerprint density at radius 2 is 1.70 bits per heavy atom. The van der Waals surface area contributed by atoms with Gasteiger partial charge in [0.05, 0.1) is 5.75 Å². The highest BCUT2D eigenvalue weighted by atomic mass is 32.2. The summed E-state index contributed by atoms with van der Waals surface area (Å²) in [6.45, 7) is -0.0347. The van der Waals surface area contributed by atoms with Crippen molar-refractivity contribution in [2.24, 2.45) is 0 Å². The molecule has 3 rings (SSSR count). The monoisotopic (exact) mass is 387 g/mol. The van der Waals surface area contributed by atoms with Crippen molar-refractivity contribution in [3.63, 3.8) is 0 Å². The fourth-order valence-corrected chi connectivity index (χ4v) is 4.59. The molecule has 1 N–H and O–H groups in total. The van der Waals surface area contributed by atoms with E-state index in [0.29, 0.717) is 24.1 Å². The number of carboxylic acids is 1. The van der Waals surface area contributed by atoms with Crippen molar-refractivity contribution >= 4 is 27.4 Å². The molecule has 0 saturated carbocycles. The Morgan fingerprint density at radius 3 is 2.41 bits per heavy atom. The lowest BCUT2D eigenvalue weighted by Crippen LogP contribution is -2.36. The quantitative estimate of drug-likeness (QED) is 0.787. The van der Waals surface area contributed by atoms with Crippen molar-refractivity contribution in [1.29, 1.82) is 0 Å². The Balaban J connectivity index is 1.63. The van der Waals surface area contributed by atoms with Crippen molar-refractivity contribution in [3.05, 3.63) is 65.7 Å². The van der Waals surface area contributed by atoms with Crippen LogP contribution in [0.4, 0.5) is 5.69 Å². The zero-order valence-corrected chi connectivity index (χ0v) is 15.6. The second-order valence-corrected chi connectivity index (χ2v) is 8.82. The predicted octanol–water partition coefficient (Wildman–Crippen LogP) is 2.25. The Hall–Kier alpha value is -2.67. The number of carbonyl (C=O) groups excluding carboxylic acids is 1. The fourth-order valence-electron chi connectivity index (χ4n) is 3.33. The first-order chi connectivity index (χ1) is 12.9. The minimum absolute atomic E-state index is 0.0347. The number of sulfone groups is 1. The molecular weight excluding hydrogens is 366 g/mol. The van der Waals surface area contributed by atoms with E-state index in [0.717, 1.165) is 5.56 Å². The first-order valence-electron chi connectivity index (χ1n) is 8.74. The van der Waals surface area contributed by atoms with Gasteiger partial charge in [0.2, 0.25) is 5.91 Å². The number of rotatable bonds is 7. The van der Waals surface area contributed by atoms with Crippen LogP contribution >= 0.6 is 0 Å². The minimum Gasteiger partial charge on any atom is -0.481 e. The molecule has 0 fully saturated rings. The van der Waals surface area contributed by atoms with Crippen molar-refractivity contribution in [1.82, 2.24) is 0 Å². The van der Waals surface area contributed by atoms with Crippen molar-refractivity contribution in [3.8, 4) is 0 Å². The minimum atomic E-state index is -3.57. The number of nitrogens with zero attached hydrogens (tertiary/aromatic N) is 1. The molecular formula is C20H21NO5S. The Morgan fingerprint density at radius 1 is 1.04 bits per heavy atom. The number of hydrogen-bond acceptors (Lipinski definition) is 4. The van der Waals surface area contributed by atoms with Crippen LogP contribution in [0.15, 0.2) is 54.6 Å². The van der Waals surface area contributed by atoms with E-state index >= 15 is 0 Å². The molecule has 0 bridgehead atoms. The fraction of sp³-hybridized carbons (Fsp3) is 0.300. The van der Waals surface area contributed by atoms with Crippen LogP contribution in [0, 0.1) is 0 Å². The molecule has 0 radical (unpaired) electrons. The molecule has 6 nitrogen and oxygen atoms in total. The van der Waals surface area contributed by atoms with Crippen LogP contribution < -0.4 is 4.90 Å². The normalized spacial score (nSPS) is 16.1. The van der Waals surface area contributed by atoms with Crippen LogP contribution in [-0.2, 0) is 25.8 Å². The maximum absolute atomic E-state index is 12.6. The molecule has 7 heteroatoms. The maximum atomic E-state index is 12.6. The van der Waals surface area contributed by atoms with Crippen LogP contribution in [0.3, 0.4) is 0 Å². The highest BCUT2D eigenvalue weighted by Crippen LogP contribution is 2.36. The molecule has 2 aromatic carbocycles. The molecule has 0 saturated heterocycles. The molecule has 142 valence electrons. The van der Waals surface area contributed by atoms with E-state index in [1.54, 1.807) is 24.3 Å². The van der Waals surface area contributed by atoms with Crippen LogP contribution in [0.5, 0.6) is 0 Å². The lowest BCUT2D eigenvalue weighted by Gasteiger charge is -2.17. The number of benzene rings is 2. The van der Waals surface area contributed by atoms with Gasteiger partial charge in [-0.1, -0.05) is 48.5 Å². The average Bonchev–Trinajstić information content (AvgIpc) is 3.02. The molecule has 1 heterocycles. The molecule has 1 aliphatic heterocycles. The first kappa shape index (κ1) is 19.1. The number of fused-ring (bicyclic) bond motifs is 1. The van der Waals surface area contributed by atoms with Crippen molar-refractivity contribution < 1.29 is 23.1 Å². The number of aliphatic carboxylic acids is 1. The van der Waals surface area contributed by atoms with Crippen LogP contribution in [0.25, 0.3) is 0 Å². The summed E-state index contributed by atoms with van der Waals surface area (Å²) in [5.74, 6) is -3.12. The number of anilines is 1. The molecule has 0 aromatic heterocycles. The number of para-hydroxylation sites is 1. The van der Waals surface area contributed by atoms with Crippen LogP contribution in [0.1, 0.15) is 23.5 Å². The van der Waals surface area contributed by atoms with E-state index in [9.17, 15) is 23.1 Å². The number of carboxylic acid groups (broad SMARTS) is 1. The molecule has 1 atom stereocenters. The maximum Gasteiger partial charge on any atom is 0.312 e. The highest BCUT2D eigenvalue weighted by molar-refractivity contribution is 7.92. The standard InChI is InChI=1S/C20H21NO5S/c22-19(14-27(25,26)12-6-9-15-7-2-1-3-8-15)21-13-17(20(23)24)16-10-4-5-11-18(16)21/h1-5,7-8,10-11,17H,6,9,12-14H2,(H,23,24). The first-order valence-corrected chi connectivity index (χ1v) is 10.6. The molecule has 27 heavy (non-hydrogen) atoms. The molecule has 2 aromatic rings. The van der Waals surface area contributed by atoms with Gasteiger partial charge in [0, 0.05) is 12.2 Å². The van der Waals surface area contributed by atoms with Gasteiger partial charge in [-0.05, 0) is 30.0 Å². The van der Waals surface area contributed by atoms with E-state index in [4.69, 9.17) is 0 Å². The SMILES string of the molecule is O=C(O)C1CN(C(=O)CS(=O)(=O)CCCc2ccccc2)c2ccccc21. The zero-order valence-electron chi connectivity index (χ0n) is 14.7. The van der Waals surface area contributed by atoms with Gasteiger partial charge in [-0.2, -0.15) is 0 Å². The Labute approximate surface area is 158 Å². The average molecular weight is 387 g/mol. The zero-order chi connectivity index (χ0) is 19.4. The van der Waals surface area contributed by atoms with E-state index < -0.39 is 33.4 Å². The van der Waals surface area contributed by atoms with E-state index in [1.165, 1.54) is 4.90 Å². The highest BCUT2D eigenvalue weighted by Gasteiger charge is 2.37. The van der Waals surface area contributed by atoms with Gasteiger partial charge in [0.25, 0.3) is 0 Å². The number of amides is 1. The van der Waals surface area contributed by atoms with Gasteiger partial charge in [-0.15, -0.1) is 0 Å². The van der Waals surface area contributed by atoms with Gasteiger partial charge in [-0.25, -0.2) is 8.42 Å². The van der Waals surface area contributed by atoms with Gasteiger partial charge >= 0.3 is 5.97 Å². The predicted molar refractivity (Wildman–Crippen MR) is 103 cm³/mol. The van der Waals surface area contributed by atoms with E-state index in [2.05, 4.69) is 0 Å². The van der Waals surface area contributed by atoms with Crippen LogP contribution in [-0.4, -0.2) is 43.5 Å². The third-order valence-electron chi connectivity index (χ3n) is 4.67. The summed E-state index contributed by atoms with van der Waals surface area (Å²) >= 11 is 0. The lowest BCUT2D eigenvalue weighted by molar-refractivity contribution is -0.138. The third kappa shape index (κ3) is 4.54. The van der Waals surface area contributed by atoms with Crippen LogP contribution in [0.2, 0.25) is 0 Å². The molecule has 1 amide bonds. The molecule has 0 spiro atoms. The second kappa shape index (κ2) is 7.92. The summed E-state index contributed by atoms with van der Waals surface area (Å²) in [7, 11) is -3.57. The second-order valence-electron chi connectivity index (χ2n) is 6.64. The van der Waals surface area contributed by atoms with Gasteiger partial charge in [0.15, 0.2) is 9.84 Å². The van der Waals surface area contributed by atoms with Crippen molar-refractivity contribution in [2.45, 2.75) is 18.8 Å². The molecule has 1 aliphatic rings. The van der Waals surface area contributed by atoms with E-state index in [-0.39, 0.29) is 12.3 Å². The Bertz CT molecular complexity index is 940. The number of hydrogen-bond donors (Lipinski definition) is 1.